The molecule has 164 valence electrons. The van der Waals surface area contributed by atoms with Crippen LogP contribution < -0.4 is 10.2 Å². The molecule has 1 N–H and O–H groups in total. The summed E-state index contributed by atoms with van der Waals surface area (Å²) in [6.07, 6.45) is -4.52. The number of carbonyl (C=O) groups is 1. The van der Waals surface area contributed by atoms with E-state index in [2.05, 4.69) is 15.3 Å². The molecular formula is C22H17F3N4O3. The van der Waals surface area contributed by atoms with Gasteiger partial charge in [0, 0.05) is 24.2 Å². The van der Waals surface area contributed by atoms with E-state index in [0.29, 0.717) is 54.2 Å². The van der Waals surface area contributed by atoms with E-state index in [4.69, 9.17) is 9.15 Å². The first-order valence-electron chi connectivity index (χ1n) is 9.91. The van der Waals surface area contributed by atoms with E-state index in [-0.39, 0.29) is 11.5 Å². The van der Waals surface area contributed by atoms with Crippen molar-refractivity contribution >= 4 is 39.5 Å². The maximum absolute atomic E-state index is 13.0. The quantitative estimate of drug-likeness (QED) is 0.504. The molecule has 1 saturated heterocycles. The number of morpholine rings is 1. The van der Waals surface area contributed by atoms with Crippen molar-refractivity contribution in [2.45, 2.75) is 6.18 Å². The van der Waals surface area contributed by atoms with E-state index >= 15 is 0 Å². The first kappa shape index (κ1) is 20.3. The van der Waals surface area contributed by atoms with Gasteiger partial charge in [0.25, 0.3) is 5.91 Å². The summed E-state index contributed by atoms with van der Waals surface area (Å²) in [7, 11) is 0. The lowest BCUT2D eigenvalue weighted by molar-refractivity contribution is -0.137. The molecule has 10 heteroatoms. The van der Waals surface area contributed by atoms with Gasteiger partial charge in [-0.1, -0.05) is 18.2 Å². The van der Waals surface area contributed by atoms with Gasteiger partial charge in [0.2, 0.25) is 5.82 Å². The number of nitrogens with zero attached hydrogens (tertiary/aromatic N) is 3. The zero-order valence-corrected chi connectivity index (χ0v) is 16.6. The third-order valence-electron chi connectivity index (χ3n) is 5.16. The van der Waals surface area contributed by atoms with E-state index in [1.807, 2.05) is 23.1 Å². The Hall–Kier alpha value is -3.66. The zero-order chi connectivity index (χ0) is 22.3. The number of carbonyl (C=O) groups excluding carboxylic acids is 1. The number of furan rings is 1. The highest BCUT2D eigenvalue weighted by Gasteiger charge is 2.31. The summed E-state index contributed by atoms with van der Waals surface area (Å²) < 4.78 is 50.4. The van der Waals surface area contributed by atoms with E-state index < -0.39 is 17.6 Å². The Balaban J connectivity index is 1.57. The van der Waals surface area contributed by atoms with Crippen LogP contribution in [0.5, 0.6) is 0 Å². The maximum Gasteiger partial charge on any atom is 0.416 e. The number of aromatic nitrogens is 2. The van der Waals surface area contributed by atoms with Crippen LogP contribution in [0, 0.1) is 0 Å². The van der Waals surface area contributed by atoms with Gasteiger partial charge in [-0.25, -0.2) is 9.97 Å². The molecule has 1 amide bonds. The molecule has 7 nitrogen and oxygen atoms in total. The van der Waals surface area contributed by atoms with Gasteiger partial charge in [-0.15, -0.1) is 0 Å². The van der Waals surface area contributed by atoms with Gasteiger partial charge in [0.15, 0.2) is 11.4 Å². The summed E-state index contributed by atoms with van der Waals surface area (Å²) in [5, 5.41) is 3.18. The highest BCUT2D eigenvalue weighted by atomic mass is 19.4. The number of hydrogen-bond acceptors (Lipinski definition) is 6. The molecular weight excluding hydrogens is 425 g/mol. The van der Waals surface area contributed by atoms with Crippen LogP contribution >= 0.6 is 0 Å². The van der Waals surface area contributed by atoms with Gasteiger partial charge in [0.05, 0.1) is 18.8 Å². The highest BCUT2D eigenvalue weighted by molar-refractivity contribution is 6.09. The Bertz CT molecular complexity index is 1310. The number of alkyl halides is 3. The predicted octanol–water partition coefficient (Wildman–Crippen LogP) is 4.48. The zero-order valence-electron chi connectivity index (χ0n) is 16.6. The number of amides is 1. The SMILES string of the molecule is O=C(Nc1cccc(C(F)(F)F)c1)c1nc(N2CCOCC2)c2oc3ccccc3c2n1. The molecule has 1 fully saturated rings. The van der Waals surface area contributed by atoms with Crippen molar-refractivity contribution in [2.75, 3.05) is 36.5 Å². The van der Waals surface area contributed by atoms with Crippen LogP contribution in [0.1, 0.15) is 16.2 Å². The third kappa shape index (κ3) is 3.73. The number of nitrogens with one attached hydrogen (secondary N) is 1. The van der Waals surface area contributed by atoms with Crippen LogP contribution in [0.3, 0.4) is 0 Å². The number of para-hydroxylation sites is 1. The molecule has 0 spiro atoms. The van der Waals surface area contributed by atoms with Crippen molar-refractivity contribution in [2.24, 2.45) is 0 Å². The lowest BCUT2D eigenvalue weighted by Gasteiger charge is -2.27. The van der Waals surface area contributed by atoms with Crippen LogP contribution in [-0.2, 0) is 10.9 Å². The third-order valence-corrected chi connectivity index (χ3v) is 5.16. The van der Waals surface area contributed by atoms with Crippen LogP contribution in [0.4, 0.5) is 24.7 Å². The van der Waals surface area contributed by atoms with Crippen LogP contribution in [0.15, 0.2) is 52.9 Å². The van der Waals surface area contributed by atoms with Gasteiger partial charge >= 0.3 is 6.18 Å². The van der Waals surface area contributed by atoms with E-state index in [0.717, 1.165) is 12.1 Å². The molecule has 0 saturated carbocycles. The Morgan fingerprint density at radius 3 is 2.59 bits per heavy atom. The topological polar surface area (TPSA) is 80.5 Å². The molecule has 4 aromatic rings. The molecule has 1 aliphatic heterocycles. The number of anilines is 2. The summed E-state index contributed by atoms with van der Waals surface area (Å²) in [4.78, 5) is 23.7. The van der Waals surface area contributed by atoms with Gasteiger partial charge in [-0.2, -0.15) is 13.2 Å². The molecule has 0 radical (unpaired) electrons. The molecule has 0 bridgehead atoms. The van der Waals surface area contributed by atoms with Crippen molar-refractivity contribution in [1.82, 2.24) is 9.97 Å². The minimum absolute atomic E-state index is 0.00139. The van der Waals surface area contributed by atoms with Crippen LogP contribution in [-0.4, -0.2) is 42.2 Å². The van der Waals surface area contributed by atoms with Crippen molar-refractivity contribution in [3.05, 3.63) is 59.9 Å². The molecule has 5 rings (SSSR count). The second-order valence-electron chi connectivity index (χ2n) is 7.28. The van der Waals surface area contributed by atoms with Crippen LogP contribution in [0.2, 0.25) is 0 Å². The average molecular weight is 442 g/mol. The average Bonchev–Trinajstić information content (AvgIpc) is 3.17. The Kier molecular flexibility index (Phi) is 4.93. The fourth-order valence-electron chi connectivity index (χ4n) is 3.63. The second kappa shape index (κ2) is 7.79. The predicted molar refractivity (Wildman–Crippen MR) is 112 cm³/mol. The fraction of sp³-hybridized carbons (Fsp3) is 0.227. The molecule has 2 aromatic carbocycles. The van der Waals surface area contributed by atoms with Crippen molar-refractivity contribution in [3.8, 4) is 0 Å². The summed E-state index contributed by atoms with van der Waals surface area (Å²) in [5.74, 6) is -0.433. The largest absolute Gasteiger partial charge is 0.450 e. The Labute approximate surface area is 179 Å². The van der Waals surface area contributed by atoms with Crippen molar-refractivity contribution < 1.29 is 27.1 Å². The molecule has 1 aliphatic rings. The highest BCUT2D eigenvalue weighted by Crippen LogP contribution is 2.34. The number of ether oxygens (including phenoxy) is 1. The van der Waals surface area contributed by atoms with E-state index in [1.165, 1.54) is 12.1 Å². The number of rotatable bonds is 3. The minimum Gasteiger partial charge on any atom is -0.450 e. The Morgan fingerprint density at radius 2 is 1.81 bits per heavy atom. The number of halogens is 3. The molecule has 0 atom stereocenters. The monoisotopic (exact) mass is 442 g/mol. The first-order chi connectivity index (χ1) is 15.4. The van der Waals surface area contributed by atoms with Crippen LogP contribution in [0.25, 0.3) is 22.1 Å². The van der Waals surface area contributed by atoms with Gasteiger partial charge in [-0.05, 0) is 30.3 Å². The smallest absolute Gasteiger partial charge is 0.416 e. The molecule has 0 aliphatic carbocycles. The minimum atomic E-state index is -4.52. The normalized spacial score (nSPS) is 14.8. The van der Waals surface area contributed by atoms with E-state index in [9.17, 15) is 18.0 Å². The maximum atomic E-state index is 13.0. The molecule has 32 heavy (non-hydrogen) atoms. The van der Waals surface area contributed by atoms with E-state index in [1.54, 1.807) is 6.07 Å². The first-order valence-corrected chi connectivity index (χ1v) is 9.91. The summed E-state index contributed by atoms with van der Waals surface area (Å²) >= 11 is 0. The Morgan fingerprint density at radius 1 is 1.03 bits per heavy atom. The molecule has 0 unspecified atom stereocenters. The number of benzene rings is 2. The summed E-state index contributed by atoms with van der Waals surface area (Å²) in [6, 6.07) is 11.7. The fourth-order valence-corrected chi connectivity index (χ4v) is 3.63. The second-order valence-corrected chi connectivity index (χ2v) is 7.28. The lowest BCUT2D eigenvalue weighted by Crippen LogP contribution is -2.37. The molecule has 2 aromatic heterocycles. The lowest BCUT2D eigenvalue weighted by atomic mass is 10.2. The van der Waals surface area contributed by atoms with Crippen molar-refractivity contribution in [1.29, 1.82) is 0 Å². The van der Waals surface area contributed by atoms with Gasteiger partial charge in [-0.3, -0.25) is 4.79 Å². The summed E-state index contributed by atoms with van der Waals surface area (Å²) in [5.41, 5.74) is 0.650. The summed E-state index contributed by atoms with van der Waals surface area (Å²) in [6.45, 7) is 2.10. The standard InChI is InChI=1S/C22H17F3N4O3/c23-22(24,25)13-4-3-5-14(12-13)26-21(30)19-27-17-15-6-1-2-7-16(15)32-18(17)20(28-19)29-8-10-31-11-9-29/h1-7,12H,8-11H2,(H,26,30). The van der Waals surface area contributed by atoms with Gasteiger partial charge in [0.1, 0.15) is 11.1 Å². The van der Waals surface area contributed by atoms with Gasteiger partial charge < -0.3 is 19.4 Å². The van der Waals surface area contributed by atoms with Crippen molar-refractivity contribution in [3.63, 3.8) is 0 Å². The number of fused-ring (bicyclic) bond motifs is 3. The molecule has 3 heterocycles. The number of hydrogen-bond donors (Lipinski definition) is 1.